The largest absolute Gasteiger partial charge is 0.355 e. The first-order valence-electron chi connectivity index (χ1n) is 9.23. The quantitative estimate of drug-likeness (QED) is 0.494. The number of carbonyl (C=O) groups is 1. The van der Waals surface area contributed by atoms with Gasteiger partial charge in [0.15, 0.2) is 0 Å². The van der Waals surface area contributed by atoms with Crippen molar-refractivity contribution in [3.05, 3.63) is 96.3 Å². The highest BCUT2D eigenvalue weighted by molar-refractivity contribution is 7.99. The maximum absolute atomic E-state index is 12.1. The molecule has 0 bridgehead atoms. The molecule has 0 unspecified atom stereocenters. The minimum absolute atomic E-state index is 0.0884. The van der Waals surface area contributed by atoms with E-state index in [0.717, 1.165) is 32.0 Å². The zero-order valence-electron chi connectivity index (χ0n) is 16.5. The van der Waals surface area contributed by atoms with Crippen LogP contribution in [0.2, 0.25) is 0 Å². The van der Waals surface area contributed by atoms with Crippen LogP contribution in [0, 0.1) is 0 Å². The van der Waals surface area contributed by atoms with Gasteiger partial charge in [-0.15, -0.1) is 0 Å². The lowest BCUT2D eigenvalue weighted by Gasteiger charge is -2.08. The summed E-state index contributed by atoms with van der Waals surface area (Å²) in [7, 11) is 1.64. The van der Waals surface area contributed by atoms with Gasteiger partial charge in [0, 0.05) is 22.2 Å². The summed E-state index contributed by atoms with van der Waals surface area (Å²) in [4.78, 5) is 14.0. The minimum Gasteiger partial charge on any atom is -0.355 e. The van der Waals surface area contributed by atoms with Gasteiger partial charge in [-0.2, -0.15) is 5.10 Å². The van der Waals surface area contributed by atoms with Crippen molar-refractivity contribution in [3.63, 3.8) is 0 Å². The monoisotopic (exact) mass is 401 g/mol. The first-order chi connectivity index (χ1) is 14.1. The lowest BCUT2D eigenvalue weighted by molar-refractivity contribution is 0.0960. The van der Waals surface area contributed by atoms with Crippen LogP contribution >= 0.6 is 11.8 Å². The first-order valence-corrected chi connectivity index (χ1v) is 10.0. The fourth-order valence-corrected chi connectivity index (χ4v) is 3.75. The van der Waals surface area contributed by atoms with E-state index in [9.17, 15) is 4.79 Å². The molecule has 0 atom stereocenters. The molecule has 5 heteroatoms. The molecule has 0 fully saturated rings. The van der Waals surface area contributed by atoms with Gasteiger partial charge in [-0.3, -0.25) is 9.89 Å². The Morgan fingerprint density at radius 2 is 2.03 bits per heavy atom. The van der Waals surface area contributed by atoms with Gasteiger partial charge in [0.25, 0.3) is 5.91 Å². The lowest BCUT2D eigenvalue weighted by atomic mass is 10.1. The maximum atomic E-state index is 12.1. The van der Waals surface area contributed by atoms with Gasteiger partial charge in [0.05, 0.1) is 16.8 Å². The van der Waals surface area contributed by atoms with Crippen LogP contribution in [0.1, 0.15) is 23.0 Å². The number of fused-ring (bicyclic) bond motifs is 1. The molecule has 0 saturated heterocycles. The molecule has 146 valence electrons. The van der Waals surface area contributed by atoms with Crippen LogP contribution in [-0.2, 0) is 0 Å². The molecule has 2 aromatic carbocycles. The van der Waals surface area contributed by atoms with Crippen LogP contribution in [-0.4, -0.2) is 23.2 Å². The van der Waals surface area contributed by atoms with E-state index in [1.165, 1.54) is 0 Å². The second-order valence-electron chi connectivity index (χ2n) is 6.36. The Morgan fingerprint density at radius 3 is 2.83 bits per heavy atom. The maximum Gasteiger partial charge on any atom is 0.252 e. The van der Waals surface area contributed by atoms with Gasteiger partial charge in [0.1, 0.15) is 0 Å². The van der Waals surface area contributed by atoms with E-state index in [0.29, 0.717) is 5.56 Å². The Balaban J connectivity index is 1.83. The lowest BCUT2D eigenvalue weighted by Crippen LogP contribution is -2.18. The van der Waals surface area contributed by atoms with Crippen molar-refractivity contribution in [2.24, 2.45) is 0 Å². The van der Waals surface area contributed by atoms with Gasteiger partial charge in [-0.1, -0.05) is 66.4 Å². The van der Waals surface area contributed by atoms with E-state index < -0.39 is 0 Å². The molecule has 1 heterocycles. The van der Waals surface area contributed by atoms with E-state index in [4.69, 9.17) is 0 Å². The van der Waals surface area contributed by atoms with Gasteiger partial charge in [-0.25, -0.2) is 0 Å². The van der Waals surface area contributed by atoms with Crippen LogP contribution in [0.25, 0.3) is 17.0 Å². The Labute approximate surface area is 175 Å². The predicted octanol–water partition coefficient (Wildman–Crippen LogP) is 5.78. The van der Waals surface area contributed by atoms with Gasteiger partial charge < -0.3 is 5.32 Å². The summed E-state index contributed by atoms with van der Waals surface area (Å²) >= 11 is 1.56. The smallest absolute Gasteiger partial charge is 0.252 e. The summed E-state index contributed by atoms with van der Waals surface area (Å²) in [5, 5.41) is 11.3. The fourth-order valence-electron chi connectivity index (χ4n) is 2.77. The van der Waals surface area contributed by atoms with E-state index >= 15 is 0 Å². The molecule has 0 aliphatic heterocycles. The highest BCUT2D eigenvalue weighted by atomic mass is 32.2. The third kappa shape index (κ3) is 5.15. The molecule has 3 rings (SSSR count). The number of benzene rings is 2. The summed E-state index contributed by atoms with van der Waals surface area (Å²) < 4.78 is 0. The van der Waals surface area contributed by atoms with Crippen molar-refractivity contribution >= 4 is 34.6 Å². The number of hydrogen-bond donors (Lipinski definition) is 2. The highest BCUT2D eigenvalue weighted by Crippen LogP contribution is 2.32. The van der Waals surface area contributed by atoms with E-state index in [1.54, 1.807) is 24.9 Å². The molecule has 0 spiro atoms. The second kappa shape index (κ2) is 9.75. The van der Waals surface area contributed by atoms with Crippen molar-refractivity contribution in [2.45, 2.75) is 16.7 Å². The standard InChI is InChI=1S/C24H23N3OS/c1-4-5-6-9-17(2)12-15-21-19-14-13-18(16-22(19)27-26-21)29-23-11-8-7-10-20(23)24(28)25-3/h4-16H,1H2,2-3H3,(H,25,28)(H,26,27)/b6-5-,15-12+,17-9+. The number of allylic oxidation sites excluding steroid dienone is 6. The molecule has 3 aromatic rings. The van der Waals surface area contributed by atoms with E-state index in [-0.39, 0.29) is 5.91 Å². The summed E-state index contributed by atoms with van der Waals surface area (Å²) in [6.07, 6.45) is 11.6. The predicted molar refractivity (Wildman–Crippen MR) is 122 cm³/mol. The van der Waals surface area contributed by atoms with Crippen molar-refractivity contribution in [1.82, 2.24) is 15.5 Å². The van der Waals surface area contributed by atoms with Gasteiger partial charge in [0.2, 0.25) is 0 Å². The topological polar surface area (TPSA) is 57.8 Å². The average molecular weight is 402 g/mol. The van der Waals surface area contributed by atoms with Crippen molar-refractivity contribution in [3.8, 4) is 0 Å². The van der Waals surface area contributed by atoms with Crippen LogP contribution < -0.4 is 5.32 Å². The number of hydrogen-bond acceptors (Lipinski definition) is 3. The first kappa shape index (κ1) is 20.4. The molecule has 2 N–H and O–H groups in total. The summed E-state index contributed by atoms with van der Waals surface area (Å²) in [5.74, 6) is -0.0884. The Morgan fingerprint density at radius 1 is 1.21 bits per heavy atom. The van der Waals surface area contributed by atoms with Crippen LogP contribution in [0.4, 0.5) is 0 Å². The number of aromatic amines is 1. The van der Waals surface area contributed by atoms with E-state index in [1.807, 2.05) is 61.6 Å². The molecule has 0 aliphatic carbocycles. The minimum atomic E-state index is -0.0884. The average Bonchev–Trinajstić information content (AvgIpc) is 3.14. The highest BCUT2D eigenvalue weighted by Gasteiger charge is 2.11. The number of nitrogens with one attached hydrogen (secondary N) is 2. The van der Waals surface area contributed by atoms with Crippen LogP contribution in [0.15, 0.2) is 94.8 Å². The number of rotatable bonds is 7. The Hall–Kier alpha value is -3.31. The normalized spacial score (nSPS) is 12.1. The van der Waals surface area contributed by atoms with Gasteiger partial charge >= 0.3 is 0 Å². The number of H-pyrrole nitrogens is 1. The van der Waals surface area contributed by atoms with E-state index in [2.05, 4.69) is 40.3 Å². The second-order valence-corrected chi connectivity index (χ2v) is 7.47. The molecule has 0 aliphatic rings. The molecule has 1 amide bonds. The number of nitrogens with zero attached hydrogens (tertiary/aromatic N) is 1. The molecule has 0 saturated carbocycles. The summed E-state index contributed by atoms with van der Waals surface area (Å²) in [5.41, 5.74) is 3.64. The zero-order valence-corrected chi connectivity index (χ0v) is 17.3. The van der Waals surface area contributed by atoms with Crippen molar-refractivity contribution < 1.29 is 4.79 Å². The van der Waals surface area contributed by atoms with Crippen molar-refractivity contribution in [1.29, 1.82) is 0 Å². The number of amides is 1. The molecule has 1 aromatic heterocycles. The molecule has 29 heavy (non-hydrogen) atoms. The van der Waals surface area contributed by atoms with Gasteiger partial charge in [-0.05, 0) is 43.3 Å². The zero-order chi connectivity index (χ0) is 20.6. The molecule has 0 radical (unpaired) electrons. The SMILES string of the molecule is C=C\C=C/C=C(C)/C=C/c1n[nH]c2cc(Sc3ccccc3C(=O)NC)ccc12. The number of carbonyl (C=O) groups excluding carboxylic acids is 1. The molecule has 4 nitrogen and oxygen atoms in total. The fraction of sp³-hybridized carbons (Fsp3) is 0.0833. The van der Waals surface area contributed by atoms with Crippen LogP contribution in [0.5, 0.6) is 0 Å². The third-order valence-corrected chi connectivity index (χ3v) is 5.33. The number of aromatic nitrogens is 2. The third-order valence-electron chi connectivity index (χ3n) is 4.26. The molecular weight excluding hydrogens is 378 g/mol. The van der Waals surface area contributed by atoms with Crippen LogP contribution in [0.3, 0.4) is 0 Å². The van der Waals surface area contributed by atoms with Crippen molar-refractivity contribution in [2.75, 3.05) is 7.05 Å². The summed E-state index contributed by atoms with van der Waals surface area (Å²) in [6.45, 7) is 5.70. The Kier molecular flexibility index (Phi) is 6.87. The Bertz CT molecular complexity index is 1120. The summed E-state index contributed by atoms with van der Waals surface area (Å²) in [6, 6.07) is 13.8. The molecular formula is C24H23N3OS.